The molecule has 1 unspecified atom stereocenters. The Morgan fingerprint density at radius 2 is 2.00 bits per heavy atom. The number of hydrogen-bond donors (Lipinski definition) is 3. The van der Waals surface area contributed by atoms with Gasteiger partial charge >= 0.3 is 0 Å². The molecule has 1 aliphatic heterocycles. The van der Waals surface area contributed by atoms with E-state index in [1.807, 2.05) is 37.3 Å². The molecule has 0 radical (unpaired) electrons. The third-order valence-corrected chi connectivity index (χ3v) is 2.75. The van der Waals surface area contributed by atoms with E-state index in [2.05, 4.69) is 5.43 Å². The first-order chi connectivity index (χ1) is 7.50. The van der Waals surface area contributed by atoms with E-state index in [0.29, 0.717) is 0 Å². The summed E-state index contributed by atoms with van der Waals surface area (Å²) in [5.74, 6) is -3.07. The minimum absolute atomic E-state index is 0.105. The zero-order valence-electron chi connectivity index (χ0n) is 8.92. The molecule has 16 heavy (non-hydrogen) atoms. The lowest BCUT2D eigenvalue weighted by Gasteiger charge is -2.23. The Bertz CT molecular complexity index is 391. The van der Waals surface area contributed by atoms with Crippen molar-refractivity contribution in [2.75, 3.05) is 6.54 Å². The van der Waals surface area contributed by atoms with Crippen molar-refractivity contribution in [2.24, 2.45) is 0 Å². The highest BCUT2D eigenvalue weighted by molar-refractivity contribution is 5.84. The first kappa shape index (κ1) is 11.1. The van der Waals surface area contributed by atoms with Gasteiger partial charge in [0.2, 0.25) is 0 Å². The van der Waals surface area contributed by atoms with Crippen LogP contribution in [0.25, 0.3) is 0 Å². The van der Waals surface area contributed by atoms with Crippen molar-refractivity contribution >= 4 is 5.91 Å². The highest BCUT2D eigenvalue weighted by Crippen LogP contribution is 2.23. The molecule has 1 atom stereocenters. The minimum atomic E-state index is -2.29. The van der Waals surface area contributed by atoms with E-state index in [9.17, 15) is 15.0 Å². The van der Waals surface area contributed by atoms with Crippen molar-refractivity contribution in [3.63, 3.8) is 0 Å². The molecule has 86 valence electrons. The number of hydrogen-bond acceptors (Lipinski definition) is 4. The van der Waals surface area contributed by atoms with E-state index in [4.69, 9.17) is 0 Å². The molecule has 1 aromatic rings. The summed E-state index contributed by atoms with van der Waals surface area (Å²) >= 11 is 0. The highest BCUT2D eigenvalue weighted by atomic mass is 16.5. The summed E-state index contributed by atoms with van der Waals surface area (Å²) in [7, 11) is 0. The van der Waals surface area contributed by atoms with Gasteiger partial charge in [-0.05, 0) is 12.5 Å². The molecule has 1 heterocycles. The third-order valence-electron chi connectivity index (χ3n) is 2.75. The van der Waals surface area contributed by atoms with Crippen molar-refractivity contribution in [1.29, 1.82) is 0 Å². The Hall–Kier alpha value is -1.43. The molecule has 0 aliphatic carbocycles. The smallest absolute Gasteiger partial charge is 0.295 e. The fraction of sp³-hybridized carbons (Fsp3) is 0.364. The molecule has 5 nitrogen and oxygen atoms in total. The first-order valence-corrected chi connectivity index (χ1v) is 5.08. The Morgan fingerprint density at radius 3 is 2.50 bits per heavy atom. The number of amides is 1. The fourth-order valence-corrected chi connectivity index (χ4v) is 1.71. The van der Waals surface area contributed by atoms with Crippen molar-refractivity contribution < 1.29 is 15.0 Å². The maximum absolute atomic E-state index is 11.2. The molecule has 0 aromatic heterocycles. The van der Waals surface area contributed by atoms with Crippen molar-refractivity contribution in [1.82, 2.24) is 10.4 Å². The summed E-state index contributed by atoms with van der Waals surface area (Å²) in [4.78, 5) is 11.2. The van der Waals surface area contributed by atoms with E-state index in [-0.39, 0.29) is 12.6 Å². The number of rotatable bonds is 2. The van der Waals surface area contributed by atoms with E-state index >= 15 is 0 Å². The van der Waals surface area contributed by atoms with E-state index in [0.717, 1.165) is 5.56 Å². The lowest BCUT2D eigenvalue weighted by molar-refractivity contribution is -0.173. The topological polar surface area (TPSA) is 72.8 Å². The Kier molecular flexibility index (Phi) is 2.67. The first-order valence-electron chi connectivity index (χ1n) is 5.08. The number of aliphatic hydroxyl groups is 2. The van der Waals surface area contributed by atoms with Gasteiger partial charge in [0.15, 0.2) is 0 Å². The standard InChI is InChI=1S/C11H14N2O3/c1-8(9-5-3-2-4-6-9)13-7-11(15,16)10(14)12-13/h2-6,8,15-16H,7H2,1H3,(H,12,14). The Labute approximate surface area is 93.3 Å². The number of benzene rings is 1. The summed E-state index contributed by atoms with van der Waals surface area (Å²) in [5.41, 5.74) is 3.44. The average Bonchev–Trinajstić information content (AvgIpc) is 2.54. The lowest BCUT2D eigenvalue weighted by atomic mass is 10.1. The van der Waals surface area contributed by atoms with Gasteiger partial charge in [-0.3, -0.25) is 10.2 Å². The number of carbonyl (C=O) groups excluding carboxylic acids is 1. The summed E-state index contributed by atoms with van der Waals surface area (Å²) in [6, 6.07) is 9.44. The zero-order valence-corrected chi connectivity index (χ0v) is 8.92. The summed E-state index contributed by atoms with van der Waals surface area (Å²) < 4.78 is 0. The zero-order chi connectivity index (χ0) is 11.8. The minimum Gasteiger partial charge on any atom is -0.357 e. The van der Waals surface area contributed by atoms with Gasteiger partial charge in [-0.25, -0.2) is 5.01 Å². The van der Waals surface area contributed by atoms with Crippen LogP contribution < -0.4 is 5.43 Å². The molecule has 1 amide bonds. The van der Waals surface area contributed by atoms with Gasteiger partial charge in [-0.2, -0.15) is 0 Å². The molecule has 2 rings (SSSR count). The Balaban J connectivity index is 2.14. The monoisotopic (exact) mass is 222 g/mol. The Morgan fingerprint density at radius 1 is 1.38 bits per heavy atom. The molecule has 0 bridgehead atoms. The lowest BCUT2D eigenvalue weighted by Crippen LogP contribution is -2.39. The number of β-amino-alcohol motifs (C(OH)–C–C–N with tert-alkyl or cyclic N) is 2. The second-order valence-electron chi connectivity index (χ2n) is 3.97. The average molecular weight is 222 g/mol. The molecule has 3 N–H and O–H groups in total. The van der Waals surface area contributed by atoms with Gasteiger partial charge in [0, 0.05) is 0 Å². The molecular formula is C11H14N2O3. The van der Waals surface area contributed by atoms with Crippen LogP contribution in [0.15, 0.2) is 30.3 Å². The van der Waals surface area contributed by atoms with E-state index in [1.165, 1.54) is 5.01 Å². The summed E-state index contributed by atoms with van der Waals surface area (Å²) in [5, 5.41) is 20.2. The van der Waals surface area contributed by atoms with Gasteiger partial charge in [-0.15, -0.1) is 0 Å². The second-order valence-corrected chi connectivity index (χ2v) is 3.97. The number of carbonyl (C=O) groups is 1. The normalized spacial score (nSPS) is 21.8. The van der Waals surface area contributed by atoms with Crippen LogP contribution in [0.4, 0.5) is 0 Å². The predicted octanol–water partition coefficient (Wildman–Crippen LogP) is -0.225. The van der Waals surface area contributed by atoms with E-state index in [1.54, 1.807) is 0 Å². The molecular weight excluding hydrogens is 208 g/mol. The van der Waals surface area contributed by atoms with Crippen molar-refractivity contribution in [2.45, 2.75) is 18.8 Å². The van der Waals surface area contributed by atoms with Crippen molar-refractivity contribution in [3.8, 4) is 0 Å². The molecule has 1 aliphatic rings. The predicted molar refractivity (Wildman–Crippen MR) is 56.9 cm³/mol. The van der Waals surface area contributed by atoms with Crippen LogP contribution in [0.3, 0.4) is 0 Å². The van der Waals surface area contributed by atoms with Gasteiger partial charge < -0.3 is 10.2 Å². The van der Waals surface area contributed by atoms with E-state index < -0.39 is 11.7 Å². The molecule has 0 saturated carbocycles. The number of hydrazine groups is 1. The highest BCUT2D eigenvalue weighted by Gasteiger charge is 2.44. The molecule has 1 fully saturated rings. The van der Waals surface area contributed by atoms with Gasteiger partial charge in [-0.1, -0.05) is 30.3 Å². The van der Waals surface area contributed by atoms with Crippen LogP contribution in [-0.4, -0.2) is 33.5 Å². The molecule has 1 aromatic carbocycles. The summed E-state index contributed by atoms with van der Waals surface area (Å²) in [6.45, 7) is 1.75. The number of nitrogens with one attached hydrogen (secondary N) is 1. The maximum Gasteiger partial charge on any atom is 0.295 e. The van der Waals surface area contributed by atoms with Gasteiger partial charge in [0.25, 0.3) is 11.7 Å². The van der Waals surface area contributed by atoms with Gasteiger partial charge in [0.05, 0.1) is 12.6 Å². The second kappa shape index (κ2) is 3.86. The van der Waals surface area contributed by atoms with Crippen molar-refractivity contribution in [3.05, 3.63) is 35.9 Å². The fourth-order valence-electron chi connectivity index (χ4n) is 1.71. The molecule has 5 heteroatoms. The van der Waals surface area contributed by atoms with Crippen LogP contribution >= 0.6 is 0 Å². The van der Waals surface area contributed by atoms with Crippen LogP contribution in [0.5, 0.6) is 0 Å². The van der Waals surface area contributed by atoms with Crippen LogP contribution in [-0.2, 0) is 4.79 Å². The molecule has 1 saturated heterocycles. The quantitative estimate of drug-likeness (QED) is 0.605. The SMILES string of the molecule is CC(c1ccccc1)N1CC(O)(O)C(=O)N1. The van der Waals surface area contributed by atoms with Gasteiger partial charge in [0.1, 0.15) is 0 Å². The summed E-state index contributed by atoms with van der Waals surface area (Å²) in [6.07, 6.45) is 0. The van der Waals surface area contributed by atoms with Crippen LogP contribution in [0.1, 0.15) is 18.5 Å². The van der Waals surface area contributed by atoms with Crippen LogP contribution in [0.2, 0.25) is 0 Å². The largest absolute Gasteiger partial charge is 0.357 e. The maximum atomic E-state index is 11.2. The number of nitrogens with zero attached hydrogens (tertiary/aromatic N) is 1. The molecule has 0 spiro atoms. The third kappa shape index (κ3) is 1.92. The van der Waals surface area contributed by atoms with Crippen LogP contribution in [0, 0.1) is 0 Å².